The Labute approximate surface area is 139 Å². The van der Waals surface area contributed by atoms with Gasteiger partial charge in [-0.3, -0.25) is 0 Å². The lowest BCUT2D eigenvalue weighted by atomic mass is 9.48. The standard InChI is InChI=1S/C17H21BrClNO/c18-15-8-14(1-2-16(15)19)20-17(9-21)12-4-10-3-11(6-12)7-13(17)5-10/h1-2,8,10-13,20-21H,3-7,9H2. The minimum Gasteiger partial charge on any atom is -0.394 e. The lowest BCUT2D eigenvalue weighted by molar-refractivity contribution is -0.0655. The van der Waals surface area contributed by atoms with Crippen LogP contribution in [0.1, 0.15) is 32.1 Å². The highest BCUT2D eigenvalue weighted by Gasteiger charge is 2.57. The minimum absolute atomic E-state index is 0.124. The van der Waals surface area contributed by atoms with Crippen LogP contribution >= 0.6 is 27.5 Å². The molecular weight excluding hydrogens is 350 g/mol. The predicted molar refractivity (Wildman–Crippen MR) is 89.6 cm³/mol. The molecule has 21 heavy (non-hydrogen) atoms. The van der Waals surface area contributed by atoms with Crippen molar-refractivity contribution < 1.29 is 5.11 Å². The number of halogens is 2. The molecule has 2 N–H and O–H groups in total. The normalized spacial score (nSPS) is 40.5. The predicted octanol–water partition coefficient (Wildman–Crippen LogP) is 4.70. The van der Waals surface area contributed by atoms with E-state index in [1.54, 1.807) is 0 Å². The van der Waals surface area contributed by atoms with Gasteiger partial charge in [0.05, 0.1) is 17.2 Å². The highest BCUT2D eigenvalue weighted by molar-refractivity contribution is 9.10. The molecule has 4 fully saturated rings. The van der Waals surface area contributed by atoms with Crippen molar-refractivity contribution in [3.05, 3.63) is 27.7 Å². The highest BCUT2D eigenvalue weighted by Crippen LogP contribution is 2.59. The molecule has 114 valence electrons. The summed E-state index contributed by atoms with van der Waals surface area (Å²) in [5.41, 5.74) is 0.938. The summed E-state index contributed by atoms with van der Waals surface area (Å²) < 4.78 is 0.908. The zero-order valence-electron chi connectivity index (χ0n) is 12.0. The van der Waals surface area contributed by atoms with Crippen LogP contribution in [-0.2, 0) is 0 Å². The molecule has 4 saturated carbocycles. The van der Waals surface area contributed by atoms with Crippen LogP contribution in [0.15, 0.2) is 22.7 Å². The Bertz CT molecular complexity index is 534. The van der Waals surface area contributed by atoms with Gasteiger partial charge in [-0.25, -0.2) is 0 Å². The van der Waals surface area contributed by atoms with E-state index >= 15 is 0 Å². The zero-order chi connectivity index (χ0) is 14.6. The van der Waals surface area contributed by atoms with Crippen molar-refractivity contribution in [2.75, 3.05) is 11.9 Å². The molecule has 1 aromatic rings. The second-order valence-corrected chi connectivity index (χ2v) is 8.52. The van der Waals surface area contributed by atoms with Gasteiger partial charge in [-0.2, -0.15) is 0 Å². The third-order valence-corrected chi connectivity index (χ3v) is 7.37. The van der Waals surface area contributed by atoms with Crippen molar-refractivity contribution in [2.24, 2.45) is 23.7 Å². The topological polar surface area (TPSA) is 32.3 Å². The number of rotatable bonds is 3. The Balaban J connectivity index is 1.65. The van der Waals surface area contributed by atoms with E-state index in [1.165, 1.54) is 32.1 Å². The number of hydrogen-bond donors (Lipinski definition) is 2. The summed E-state index contributed by atoms with van der Waals surface area (Å²) in [4.78, 5) is 0. The number of aliphatic hydroxyl groups is 1. The Morgan fingerprint density at radius 1 is 1.14 bits per heavy atom. The van der Waals surface area contributed by atoms with Crippen molar-refractivity contribution in [1.29, 1.82) is 0 Å². The van der Waals surface area contributed by atoms with Gasteiger partial charge in [0.15, 0.2) is 0 Å². The summed E-state index contributed by atoms with van der Waals surface area (Å²) >= 11 is 9.58. The van der Waals surface area contributed by atoms with E-state index in [-0.39, 0.29) is 12.1 Å². The molecule has 0 unspecified atom stereocenters. The summed E-state index contributed by atoms with van der Waals surface area (Å²) in [6, 6.07) is 5.97. The summed E-state index contributed by atoms with van der Waals surface area (Å²) in [5, 5.41) is 14.7. The Morgan fingerprint density at radius 3 is 2.29 bits per heavy atom. The SMILES string of the molecule is OCC1(Nc2ccc(Cl)c(Br)c2)C2CC3CC(C2)CC1C3. The lowest BCUT2D eigenvalue weighted by Crippen LogP contribution is -2.63. The van der Waals surface area contributed by atoms with Crippen LogP contribution < -0.4 is 5.32 Å². The molecular formula is C17H21BrClNO. The van der Waals surface area contributed by atoms with Crippen LogP contribution in [0.2, 0.25) is 5.02 Å². The highest BCUT2D eigenvalue weighted by atomic mass is 79.9. The number of benzene rings is 1. The molecule has 0 saturated heterocycles. The second-order valence-electron chi connectivity index (χ2n) is 7.26. The molecule has 0 aliphatic heterocycles. The first kappa shape index (κ1) is 14.3. The van der Waals surface area contributed by atoms with Gasteiger partial charge in [-0.15, -0.1) is 0 Å². The van der Waals surface area contributed by atoms with Gasteiger partial charge in [0.25, 0.3) is 0 Å². The first-order valence-electron chi connectivity index (χ1n) is 7.95. The first-order valence-corrected chi connectivity index (χ1v) is 9.12. The summed E-state index contributed by atoms with van der Waals surface area (Å²) in [7, 11) is 0. The van der Waals surface area contributed by atoms with E-state index < -0.39 is 0 Å². The maximum Gasteiger partial charge on any atom is 0.0667 e. The average molecular weight is 371 g/mol. The first-order chi connectivity index (χ1) is 10.1. The van der Waals surface area contributed by atoms with E-state index in [4.69, 9.17) is 11.6 Å². The molecule has 1 aromatic carbocycles. The molecule has 0 atom stereocenters. The van der Waals surface area contributed by atoms with E-state index in [0.717, 1.165) is 27.0 Å². The monoisotopic (exact) mass is 369 g/mol. The fraction of sp³-hybridized carbons (Fsp3) is 0.647. The van der Waals surface area contributed by atoms with Crippen molar-refractivity contribution in [3.63, 3.8) is 0 Å². The molecule has 5 rings (SSSR count). The quantitative estimate of drug-likeness (QED) is 0.808. The lowest BCUT2D eigenvalue weighted by Gasteiger charge is -2.61. The average Bonchev–Trinajstić information content (AvgIpc) is 2.46. The van der Waals surface area contributed by atoms with Gasteiger partial charge in [-0.05, 0) is 89.9 Å². The van der Waals surface area contributed by atoms with Gasteiger partial charge >= 0.3 is 0 Å². The van der Waals surface area contributed by atoms with Crippen LogP contribution in [0.3, 0.4) is 0 Å². The molecule has 4 aliphatic carbocycles. The smallest absolute Gasteiger partial charge is 0.0667 e. The summed E-state index contributed by atoms with van der Waals surface area (Å²) in [6.07, 6.45) is 6.58. The van der Waals surface area contributed by atoms with Crippen LogP contribution in [0.4, 0.5) is 5.69 Å². The van der Waals surface area contributed by atoms with Crippen LogP contribution in [-0.4, -0.2) is 17.3 Å². The third kappa shape index (κ3) is 2.24. The van der Waals surface area contributed by atoms with Crippen molar-refractivity contribution in [2.45, 2.75) is 37.6 Å². The minimum atomic E-state index is -0.124. The maximum absolute atomic E-state index is 10.2. The number of hydrogen-bond acceptors (Lipinski definition) is 2. The van der Waals surface area contributed by atoms with Gasteiger partial charge < -0.3 is 10.4 Å². The zero-order valence-corrected chi connectivity index (χ0v) is 14.3. The third-order valence-electron chi connectivity index (χ3n) is 6.15. The van der Waals surface area contributed by atoms with Crippen LogP contribution in [0.25, 0.3) is 0 Å². The molecule has 0 heterocycles. The van der Waals surface area contributed by atoms with Crippen molar-refractivity contribution in [1.82, 2.24) is 0 Å². The fourth-order valence-corrected chi connectivity index (χ4v) is 5.87. The molecule has 4 aliphatic rings. The van der Waals surface area contributed by atoms with Crippen LogP contribution in [0.5, 0.6) is 0 Å². The fourth-order valence-electron chi connectivity index (χ4n) is 5.37. The van der Waals surface area contributed by atoms with Gasteiger partial charge in [0.2, 0.25) is 0 Å². The van der Waals surface area contributed by atoms with E-state index in [2.05, 4.69) is 21.2 Å². The van der Waals surface area contributed by atoms with E-state index in [9.17, 15) is 5.11 Å². The van der Waals surface area contributed by atoms with Gasteiger partial charge in [0, 0.05) is 10.2 Å². The molecule has 2 nitrogen and oxygen atoms in total. The maximum atomic E-state index is 10.2. The molecule has 0 spiro atoms. The molecule has 0 aromatic heterocycles. The summed E-state index contributed by atoms with van der Waals surface area (Å²) in [5.74, 6) is 3.05. The Hall–Kier alpha value is -0.250. The Morgan fingerprint density at radius 2 is 1.76 bits per heavy atom. The summed E-state index contributed by atoms with van der Waals surface area (Å²) in [6.45, 7) is 0.238. The van der Waals surface area contributed by atoms with Crippen LogP contribution in [0, 0.1) is 23.7 Å². The number of anilines is 1. The number of aliphatic hydroxyl groups excluding tert-OH is 1. The second kappa shape index (κ2) is 5.14. The Kier molecular flexibility index (Phi) is 3.51. The molecule has 0 amide bonds. The number of nitrogens with one attached hydrogen (secondary N) is 1. The van der Waals surface area contributed by atoms with Crippen molar-refractivity contribution in [3.8, 4) is 0 Å². The molecule has 0 radical (unpaired) electrons. The van der Waals surface area contributed by atoms with E-state index in [1.807, 2.05) is 18.2 Å². The van der Waals surface area contributed by atoms with Gasteiger partial charge in [-0.1, -0.05) is 11.6 Å². The van der Waals surface area contributed by atoms with Gasteiger partial charge in [0.1, 0.15) is 0 Å². The molecule has 4 bridgehead atoms. The molecule has 4 heteroatoms. The van der Waals surface area contributed by atoms with E-state index in [0.29, 0.717) is 11.8 Å². The van der Waals surface area contributed by atoms with Crippen molar-refractivity contribution >= 4 is 33.2 Å². The largest absolute Gasteiger partial charge is 0.394 e.